The fourth-order valence-electron chi connectivity index (χ4n) is 3.92. The van der Waals surface area contributed by atoms with E-state index in [2.05, 4.69) is 0 Å². The average Bonchev–Trinajstić information content (AvgIpc) is 3.31. The van der Waals surface area contributed by atoms with Crippen molar-refractivity contribution in [3.63, 3.8) is 0 Å². The Hall–Kier alpha value is -3.58. The van der Waals surface area contributed by atoms with E-state index in [1.165, 1.54) is 12.0 Å². The number of fused-ring (bicyclic) bond motifs is 1. The van der Waals surface area contributed by atoms with Gasteiger partial charge in [0.1, 0.15) is 11.3 Å². The van der Waals surface area contributed by atoms with Crippen molar-refractivity contribution >= 4 is 22.7 Å². The first-order chi connectivity index (χ1) is 15.4. The van der Waals surface area contributed by atoms with Gasteiger partial charge in [-0.15, -0.1) is 0 Å². The molecule has 3 aromatic rings. The van der Waals surface area contributed by atoms with Crippen LogP contribution < -0.4 is 4.74 Å². The number of aliphatic hydroxyl groups excluding tert-OH is 1. The number of amides is 1. The van der Waals surface area contributed by atoms with E-state index in [-0.39, 0.29) is 30.6 Å². The second-order valence-electron chi connectivity index (χ2n) is 7.84. The van der Waals surface area contributed by atoms with Gasteiger partial charge in [0, 0.05) is 24.6 Å². The Labute approximate surface area is 185 Å². The lowest BCUT2D eigenvalue weighted by molar-refractivity contribution is -0.130. The van der Waals surface area contributed by atoms with Crippen LogP contribution in [0.5, 0.6) is 5.75 Å². The molecule has 32 heavy (non-hydrogen) atoms. The number of ether oxygens (including phenoxy) is 2. The summed E-state index contributed by atoms with van der Waals surface area (Å²) in [6, 6.07) is 15.2. The van der Waals surface area contributed by atoms with Gasteiger partial charge in [0.05, 0.1) is 24.3 Å². The van der Waals surface area contributed by atoms with Crippen LogP contribution in [0, 0.1) is 0 Å². The molecule has 1 unspecified atom stereocenters. The highest BCUT2D eigenvalue weighted by Gasteiger charge is 2.45. The zero-order valence-electron chi connectivity index (χ0n) is 18.2. The van der Waals surface area contributed by atoms with Gasteiger partial charge in [-0.05, 0) is 32.0 Å². The van der Waals surface area contributed by atoms with Gasteiger partial charge in [0.25, 0.3) is 5.91 Å². The summed E-state index contributed by atoms with van der Waals surface area (Å²) in [7, 11) is 1.53. The van der Waals surface area contributed by atoms with Crippen LogP contribution >= 0.6 is 0 Å². The van der Waals surface area contributed by atoms with Crippen molar-refractivity contribution in [3.8, 4) is 5.75 Å². The molecule has 0 saturated heterocycles. The van der Waals surface area contributed by atoms with E-state index in [0.29, 0.717) is 16.9 Å². The van der Waals surface area contributed by atoms with E-state index in [1.54, 1.807) is 30.3 Å². The highest BCUT2D eigenvalue weighted by atomic mass is 16.5. The van der Waals surface area contributed by atoms with E-state index in [0.717, 1.165) is 5.39 Å². The smallest absolute Gasteiger partial charge is 0.290 e. The molecule has 1 aromatic heterocycles. The van der Waals surface area contributed by atoms with E-state index >= 15 is 0 Å². The number of para-hydroxylation sites is 2. The number of carbonyl (C=O) groups is 2. The molecule has 0 radical (unpaired) electrons. The number of furan rings is 1. The third-order valence-corrected chi connectivity index (χ3v) is 5.31. The molecule has 166 valence electrons. The highest BCUT2D eigenvalue weighted by Crippen LogP contribution is 2.42. The Morgan fingerprint density at radius 2 is 1.88 bits per heavy atom. The molecule has 7 heteroatoms. The summed E-state index contributed by atoms with van der Waals surface area (Å²) in [5.41, 5.74) is 1.12. The molecule has 1 aliphatic heterocycles. The number of rotatable bonds is 8. The normalized spacial score (nSPS) is 16.4. The quantitative estimate of drug-likeness (QED) is 0.526. The summed E-state index contributed by atoms with van der Waals surface area (Å²) in [5, 5.41) is 11.5. The topological polar surface area (TPSA) is 89.2 Å². The zero-order chi connectivity index (χ0) is 22.8. The Bertz CT molecular complexity index is 1160. The molecule has 0 fully saturated rings. The van der Waals surface area contributed by atoms with Crippen molar-refractivity contribution in [1.29, 1.82) is 0 Å². The number of ketones is 1. The summed E-state index contributed by atoms with van der Waals surface area (Å²) < 4.78 is 16.9. The molecular formula is C25H25NO6. The SMILES string of the molecule is COCCN1C(=O)C(O)=C(C(=O)c2cc3ccccc3o2)C1c1ccccc1OC(C)C. The number of hydrogen-bond donors (Lipinski definition) is 1. The lowest BCUT2D eigenvalue weighted by Crippen LogP contribution is -2.34. The van der Waals surface area contributed by atoms with Crippen molar-refractivity contribution in [1.82, 2.24) is 4.90 Å². The molecule has 0 saturated carbocycles. The molecule has 0 bridgehead atoms. The van der Waals surface area contributed by atoms with Gasteiger partial charge >= 0.3 is 0 Å². The second kappa shape index (κ2) is 8.88. The molecule has 0 aliphatic carbocycles. The minimum atomic E-state index is -0.840. The molecule has 2 heterocycles. The van der Waals surface area contributed by atoms with E-state index in [9.17, 15) is 14.7 Å². The van der Waals surface area contributed by atoms with Gasteiger partial charge in [0.2, 0.25) is 5.78 Å². The van der Waals surface area contributed by atoms with Gasteiger partial charge in [-0.3, -0.25) is 9.59 Å². The molecule has 1 atom stereocenters. The fourth-order valence-corrected chi connectivity index (χ4v) is 3.92. The Kier molecular flexibility index (Phi) is 6.01. The van der Waals surface area contributed by atoms with Crippen LogP contribution in [0.2, 0.25) is 0 Å². The number of benzene rings is 2. The molecule has 1 amide bonds. The highest BCUT2D eigenvalue weighted by molar-refractivity contribution is 6.16. The predicted octanol–water partition coefficient (Wildman–Crippen LogP) is 4.44. The van der Waals surface area contributed by atoms with Gasteiger partial charge in [-0.2, -0.15) is 0 Å². The molecule has 7 nitrogen and oxygen atoms in total. The third kappa shape index (κ3) is 3.87. The van der Waals surface area contributed by atoms with Crippen molar-refractivity contribution in [2.24, 2.45) is 0 Å². The van der Waals surface area contributed by atoms with Crippen LogP contribution in [0.15, 0.2) is 70.3 Å². The number of aliphatic hydroxyl groups is 1. The van der Waals surface area contributed by atoms with Crippen LogP contribution in [-0.2, 0) is 9.53 Å². The Morgan fingerprint density at radius 1 is 1.16 bits per heavy atom. The number of Topliss-reactive ketones (excluding diaryl/α,β-unsaturated/α-hetero) is 1. The monoisotopic (exact) mass is 435 g/mol. The largest absolute Gasteiger partial charge is 0.503 e. The standard InChI is InChI=1S/C25H25NO6/c1-15(2)31-19-11-7-5-9-17(19)22-21(24(28)25(29)26(22)12-13-30-3)23(27)20-14-16-8-4-6-10-18(16)32-20/h4-11,14-15,22,28H,12-13H2,1-3H3. The van der Waals surface area contributed by atoms with E-state index < -0.39 is 23.5 Å². The van der Waals surface area contributed by atoms with Crippen LogP contribution in [0.1, 0.15) is 36.0 Å². The van der Waals surface area contributed by atoms with Gasteiger partial charge in [-0.1, -0.05) is 36.4 Å². The number of carbonyl (C=O) groups excluding carboxylic acids is 2. The van der Waals surface area contributed by atoms with Crippen molar-refractivity contribution in [2.75, 3.05) is 20.3 Å². The average molecular weight is 435 g/mol. The lowest BCUT2D eigenvalue weighted by atomic mass is 9.94. The van der Waals surface area contributed by atoms with Crippen molar-refractivity contribution in [2.45, 2.75) is 26.0 Å². The number of hydrogen-bond acceptors (Lipinski definition) is 6. The molecule has 1 N–H and O–H groups in total. The maximum absolute atomic E-state index is 13.5. The van der Waals surface area contributed by atoms with Gasteiger partial charge < -0.3 is 23.9 Å². The summed E-state index contributed by atoms with van der Waals surface area (Å²) in [4.78, 5) is 28.0. The van der Waals surface area contributed by atoms with Crippen LogP contribution in [0.4, 0.5) is 0 Å². The first kappa shape index (κ1) is 21.6. The van der Waals surface area contributed by atoms with Crippen molar-refractivity contribution in [3.05, 3.63) is 77.3 Å². The fraction of sp³-hybridized carbons (Fsp3) is 0.280. The predicted molar refractivity (Wildman–Crippen MR) is 119 cm³/mol. The minimum Gasteiger partial charge on any atom is -0.503 e. The molecular weight excluding hydrogens is 410 g/mol. The second-order valence-corrected chi connectivity index (χ2v) is 7.84. The maximum atomic E-state index is 13.5. The first-order valence-corrected chi connectivity index (χ1v) is 10.4. The maximum Gasteiger partial charge on any atom is 0.290 e. The summed E-state index contributed by atoms with van der Waals surface area (Å²) in [6.45, 7) is 4.23. The van der Waals surface area contributed by atoms with Crippen LogP contribution in [0.3, 0.4) is 0 Å². The summed E-state index contributed by atoms with van der Waals surface area (Å²) >= 11 is 0. The lowest BCUT2D eigenvalue weighted by Gasteiger charge is -2.28. The summed E-state index contributed by atoms with van der Waals surface area (Å²) in [6.07, 6.45) is -0.118. The minimum absolute atomic E-state index is 0.0371. The van der Waals surface area contributed by atoms with E-state index in [4.69, 9.17) is 13.9 Å². The van der Waals surface area contributed by atoms with Crippen molar-refractivity contribution < 1.29 is 28.6 Å². The number of nitrogens with zero attached hydrogens (tertiary/aromatic N) is 1. The Morgan fingerprint density at radius 3 is 2.59 bits per heavy atom. The van der Waals surface area contributed by atoms with Crippen LogP contribution in [-0.4, -0.2) is 48.1 Å². The molecule has 0 spiro atoms. The van der Waals surface area contributed by atoms with E-state index in [1.807, 2.05) is 38.1 Å². The first-order valence-electron chi connectivity index (χ1n) is 10.4. The molecule has 4 rings (SSSR count). The van der Waals surface area contributed by atoms with Gasteiger partial charge in [0.15, 0.2) is 11.5 Å². The van der Waals surface area contributed by atoms with Gasteiger partial charge in [-0.25, -0.2) is 0 Å². The Balaban J connectivity index is 1.83. The molecule has 1 aliphatic rings. The third-order valence-electron chi connectivity index (χ3n) is 5.31. The summed E-state index contributed by atoms with van der Waals surface area (Å²) in [5.74, 6) is -1.17. The zero-order valence-corrected chi connectivity index (χ0v) is 18.2. The molecule has 2 aromatic carbocycles. The van der Waals surface area contributed by atoms with Crippen LogP contribution in [0.25, 0.3) is 11.0 Å². The number of methoxy groups -OCH3 is 1.